The summed E-state index contributed by atoms with van der Waals surface area (Å²) in [6.45, 7) is 2.56. The van der Waals surface area contributed by atoms with Crippen molar-refractivity contribution in [2.24, 2.45) is 5.92 Å². The van der Waals surface area contributed by atoms with Gasteiger partial charge in [-0.05, 0) is 43.3 Å². The predicted molar refractivity (Wildman–Crippen MR) is 117 cm³/mol. The number of amides is 2. The molecule has 1 fully saturated rings. The van der Waals surface area contributed by atoms with Crippen LogP contribution in [0.1, 0.15) is 17.1 Å². The fourth-order valence-corrected chi connectivity index (χ4v) is 4.56. The van der Waals surface area contributed by atoms with E-state index < -0.39 is 5.92 Å². The number of benzene rings is 2. The van der Waals surface area contributed by atoms with Crippen molar-refractivity contribution in [2.45, 2.75) is 19.9 Å². The van der Waals surface area contributed by atoms with Crippen molar-refractivity contribution in [1.29, 1.82) is 0 Å². The zero-order valence-corrected chi connectivity index (χ0v) is 18.1. The third-order valence-corrected chi connectivity index (χ3v) is 6.36. The molecular weight excluding hydrogens is 433 g/mol. The molecule has 1 saturated heterocycles. The fourth-order valence-electron chi connectivity index (χ4n) is 3.96. The number of hydrogen-bond donors (Lipinski definition) is 0. The average molecular weight is 453 g/mol. The van der Waals surface area contributed by atoms with E-state index in [0.29, 0.717) is 22.9 Å². The Bertz CT molecular complexity index is 1180. The van der Waals surface area contributed by atoms with Crippen molar-refractivity contribution in [3.63, 3.8) is 0 Å². The number of carbonyl (C=O) groups is 2. The van der Waals surface area contributed by atoms with Crippen LogP contribution in [-0.4, -0.2) is 30.1 Å². The van der Waals surface area contributed by atoms with E-state index >= 15 is 0 Å². The Morgan fingerprint density at radius 3 is 2.75 bits per heavy atom. The van der Waals surface area contributed by atoms with Crippen molar-refractivity contribution in [3.8, 4) is 11.5 Å². The zero-order valence-electron chi connectivity index (χ0n) is 17.3. The molecule has 1 atom stereocenters. The topological polar surface area (TPSA) is 72.0 Å². The highest BCUT2D eigenvalue weighted by atomic mass is 32.1. The van der Waals surface area contributed by atoms with E-state index in [0.717, 1.165) is 10.7 Å². The Hall–Kier alpha value is -3.46. The summed E-state index contributed by atoms with van der Waals surface area (Å²) in [5.41, 5.74) is 1.98. The lowest BCUT2D eigenvalue weighted by atomic mass is 10.1. The maximum atomic E-state index is 13.5. The molecule has 2 aliphatic rings. The number of thiazole rings is 1. The van der Waals surface area contributed by atoms with Gasteiger partial charge < -0.3 is 19.3 Å². The number of hydrogen-bond acceptors (Lipinski definition) is 6. The second kappa shape index (κ2) is 8.23. The molecule has 1 unspecified atom stereocenters. The molecular formula is C23H20FN3O4S. The second-order valence-corrected chi connectivity index (χ2v) is 8.76. The van der Waals surface area contributed by atoms with E-state index in [1.165, 1.54) is 23.5 Å². The summed E-state index contributed by atoms with van der Waals surface area (Å²) >= 11 is 1.50. The Kier molecular flexibility index (Phi) is 5.26. The molecule has 7 nitrogen and oxygen atoms in total. The minimum absolute atomic E-state index is 0.0983. The van der Waals surface area contributed by atoms with E-state index in [1.54, 1.807) is 40.1 Å². The lowest BCUT2D eigenvalue weighted by molar-refractivity contribution is -0.124. The first kappa shape index (κ1) is 20.4. The first-order valence-corrected chi connectivity index (χ1v) is 11.0. The molecule has 0 N–H and O–H groups in total. The van der Waals surface area contributed by atoms with Crippen molar-refractivity contribution >= 4 is 34.5 Å². The quantitative estimate of drug-likeness (QED) is 0.586. The van der Waals surface area contributed by atoms with Crippen LogP contribution in [0.15, 0.2) is 47.8 Å². The summed E-state index contributed by atoms with van der Waals surface area (Å²) < 4.78 is 24.2. The number of anilines is 2. The van der Waals surface area contributed by atoms with Gasteiger partial charge >= 0.3 is 0 Å². The van der Waals surface area contributed by atoms with Gasteiger partial charge in [0.05, 0.1) is 23.2 Å². The molecule has 0 saturated carbocycles. The third-order valence-electron chi connectivity index (χ3n) is 5.53. The maximum Gasteiger partial charge on any atom is 0.232 e. The zero-order chi connectivity index (χ0) is 22.2. The lowest BCUT2D eigenvalue weighted by Gasteiger charge is -2.25. The van der Waals surface area contributed by atoms with Crippen LogP contribution in [0.3, 0.4) is 0 Å². The molecule has 5 rings (SSSR count). The SMILES string of the molecule is Cc1nc(CN(C(=O)C2CC(=O)N(c3ccc4c(c3)OCO4)C2)c2ccc(F)cc2)cs1. The number of ether oxygens (including phenoxy) is 2. The van der Waals surface area contributed by atoms with Crippen molar-refractivity contribution in [2.75, 3.05) is 23.1 Å². The molecule has 1 aromatic heterocycles. The molecule has 0 spiro atoms. The first-order valence-electron chi connectivity index (χ1n) is 10.2. The molecule has 164 valence electrons. The number of nitrogens with zero attached hydrogens (tertiary/aromatic N) is 3. The van der Waals surface area contributed by atoms with Crippen LogP contribution in [0.4, 0.5) is 15.8 Å². The van der Waals surface area contributed by atoms with Gasteiger partial charge in [-0.3, -0.25) is 9.59 Å². The van der Waals surface area contributed by atoms with Crippen LogP contribution >= 0.6 is 11.3 Å². The van der Waals surface area contributed by atoms with E-state index in [1.807, 2.05) is 12.3 Å². The van der Waals surface area contributed by atoms with Crippen molar-refractivity contribution < 1.29 is 23.5 Å². The summed E-state index contributed by atoms with van der Waals surface area (Å²) in [5, 5.41) is 2.80. The molecule has 2 aliphatic heterocycles. The number of halogens is 1. The minimum atomic E-state index is -0.530. The maximum absolute atomic E-state index is 13.5. The van der Waals surface area contributed by atoms with Gasteiger partial charge in [0.2, 0.25) is 18.6 Å². The summed E-state index contributed by atoms with van der Waals surface area (Å²) in [4.78, 5) is 34.0. The lowest BCUT2D eigenvalue weighted by Crippen LogP contribution is -2.37. The largest absolute Gasteiger partial charge is 0.454 e. The van der Waals surface area contributed by atoms with Gasteiger partial charge in [-0.2, -0.15) is 0 Å². The molecule has 0 aliphatic carbocycles. The van der Waals surface area contributed by atoms with Crippen LogP contribution in [0.5, 0.6) is 11.5 Å². The van der Waals surface area contributed by atoms with Gasteiger partial charge in [-0.1, -0.05) is 0 Å². The monoisotopic (exact) mass is 453 g/mol. The number of carbonyl (C=O) groups excluding carboxylic acids is 2. The van der Waals surface area contributed by atoms with Crippen LogP contribution in [0, 0.1) is 18.7 Å². The molecule has 2 amide bonds. The summed E-state index contributed by atoms with van der Waals surface area (Å²) in [6.07, 6.45) is 0.0983. The summed E-state index contributed by atoms with van der Waals surface area (Å²) in [5.74, 6) is -0.0241. The van der Waals surface area contributed by atoms with Crippen molar-refractivity contribution in [3.05, 3.63) is 64.4 Å². The van der Waals surface area contributed by atoms with Crippen molar-refractivity contribution in [1.82, 2.24) is 4.98 Å². The molecule has 3 heterocycles. The third kappa shape index (κ3) is 3.91. The van der Waals surface area contributed by atoms with Gasteiger partial charge in [0.25, 0.3) is 0 Å². The number of fused-ring (bicyclic) bond motifs is 1. The molecule has 32 heavy (non-hydrogen) atoms. The summed E-state index contributed by atoms with van der Waals surface area (Å²) in [7, 11) is 0. The molecule has 3 aromatic rings. The normalized spacial score (nSPS) is 17.1. The van der Waals surface area contributed by atoms with Gasteiger partial charge in [0.15, 0.2) is 11.5 Å². The Balaban J connectivity index is 1.39. The van der Waals surface area contributed by atoms with Gasteiger partial charge in [-0.25, -0.2) is 9.37 Å². The molecule has 9 heteroatoms. The standard InChI is InChI=1S/C23H20FN3O4S/c1-14-25-17(12-32-14)11-27(18-4-2-16(24)3-5-18)23(29)15-8-22(28)26(10-15)19-6-7-20-21(9-19)31-13-30-20/h2-7,9,12,15H,8,10-11,13H2,1H3. The van der Waals surface area contributed by atoms with Gasteiger partial charge in [-0.15, -0.1) is 11.3 Å². The van der Waals surface area contributed by atoms with Crippen LogP contribution in [0.2, 0.25) is 0 Å². The molecule has 0 radical (unpaired) electrons. The number of aryl methyl sites for hydroxylation is 1. The van der Waals surface area contributed by atoms with Gasteiger partial charge in [0.1, 0.15) is 5.82 Å². The highest BCUT2D eigenvalue weighted by Gasteiger charge is 2.38. The highest BCUT2D eigenvalue weighted by molar-refractivity contribution is 7.09. The van der Waals surface area contributed by atoms with Crippen LogP contribution < -0.4 is 19.3 Å². The second-order valence-electron chi connectivity index (χ2n) is 7.70. The predicted octanol–water partition coefficient (Wildman–Crippen LogP) is 3.91. The van der Waals surface area contributed by atoms with Crippen LogP contribution in [0.25, 0.3) is 0 Å². The smallest absolute Gasteiger partial charge is 0.232 e. The summed E-state index contributed by atoms with van der Waals surface area (Å²) in [6, 6.07) is 11.1. The highest BCUT2D eigenvalue weighted by Crippen LogP contribution is 2.37. The number of rotatable bonds is 5. The minimum Gasteiger partial charge on any atom is -0.454 e. The van der Waals surface area contributed by atoms with Gasteiger partial charge in [0, 0.05) is 35.8 Å². The average Bonchev–Trinajstić information content (AvgIpc) is 3.51. The Morgan fingerprint density at radius 1 is 1.22 bits per heavy atom. The van der Waals surface area contributed by atoms with E-state index in [-0.39, 0.29) is 43.9 Å². The Labute approximate surface area is 188 Å². The number of aromatic nitrogens is 1. The Morgan fingerprint density at radius 2 is 2.00 bits per heavy atom. The van der Waals surface area contributed by atoms with E-state index in [9.17, 15) is 14.0 Å². The molecule has 2 aromatic carbocycles. The van der Waals surface area contributed by atoms with E-state index in [2.05, 4.69) is 4.98 Å². The van der Waals surface area contributed by atoms with E-state index in [4.69, 9.17) is 9.47 Å². The molecule has 0 bridgehead atoms. The first-order chi connectivity index (χ1) is 15.5. The fraction of sp³-hybridized carbons (Fsp3) is 0.261. The van der Waals surface area contributed by atoms with Crippen LogP contribution in [-0.2, 0) is 16.1 Å².